The van der Waals surface area contributed by atoms with Crippen molar-refractivity contribution >= 4 is 5.91 Å². The molecule has 0 aromatic heterocycles. The van der Waals surface area contributed by atoms with Gasteiger partial charge in [-0.1, -0.05) is 0 Å². The Morgan fingerprint density at radius 3 is 2.35 bits per heavy atom. The maximum absolute atomic E-state index is 14.5. The molecule has 3 fully saturated rings. The molecule has 2 aliphatic heterocycles. The smallest absolute Gasteiger partial charge is 0.401 e. The molecule has 0 bridgehead atoms. The molecule has 4 rings (SSSR count). The number of rotatable bonds is 8. The van der Waals surface area contributed by atoms with Crippen LogP contribution in [0.15, 0.2) is 12.1 Å². The molecule has 0 spiro atoms. The maximum Gasteiger partial charge on any atom is 0.401 e. The monoisotopic (exact) mass is 490 g/mol. The molecule has 1 amide bonds. The summed E-state index contributed by atoms with van der Waals surface area (Å²) in [5, 5.41) is 2.65. The third kappa shape index (κ3) is 6.81. The molecule has 2 saturated heterocycles. The van der Waals surface area contributed by atoms with Gasteiger partial charge in [-0.05, 0) is 69.4 Å². The summed E-state index contributed by atoms with van der Waals surface area (Å²) in [5.74, 6) is -1.33. The Balaban J connectivity index is 1.19. The number of benzene rings is 1. The molecule has 2 unspecified atom stereocenters. The summed E-state index contributed by atoms with van der Waals surface area (Å²) in [6, 6.07) is 1.89. The number of piperidine rings is 1. The van der Waals surface area contributed by atoms with Gasteiger partial charge in [0.05, 0.1) is 13.2 Å². The first-order chi connectivity index (χ1) is 16.2. The van der Waals surface area contributed by atoms with Crippen LogP contribution < -0.4 is 10.1 Å². The Bertz CT molecular complexity index is 828. The van der Waals surface area contributed by atoms with E-state index in [9.17, 15) is 26.7 Å². The lowest BCUT2D eigenvalue weighted by atomic mass is 9.90. The zero-order chi connectivity index (χ0) is 24.3. The zero-order valence-electron chi connectivity index (χ0n) is 19.0. The molecule has 190 valence electrons. The number of nitrogens with zero attached hydrogens (tertiary/aromatic N) is 1. The van der Waals surface area contributed by atoms with Gasteiger partial charge >= 0.3 is 6.18 Å². The fourth-order valence-corrected chi connectivity index (χ4v) is 5.25. The van der Waals surface area contributed by atoms with Gasteiger partial charge in [0.1, 0.15) is 22.9 Å². The third-order valence-corrected chi connectivity index (χ3v) is 7.17. The second-order valence-electron chi connectivity index (χ2n) is 9.65. The molecular weight excluding hydrogens is 459 g/mol. The largest absolute Gasteiger partial charge is 0.493 e. The van der Waals surface area contributed by atoms with E-state index in [1.54, 1.807) is 0 Å². The summed E-state index contributed by atoms with van der Waals surface area (Å²) in [7, 11) is 0. The van der Waals surface area contributed by atoms with Gasteiger partial charge in [-0.15, -0.1) is 0 Å². The lowest BCUT2D eigenvalue weighted by molar-refractivity contribution is -0.148. The van der Waals surface area contributed by atoms with Gasteiger partial charge in [0.15, 0.2) is 0 Å². The lowest BCUT2D eigenvalue weighted by Crippen LogP contribution is -2.40. The molecule has 1 aromatic carbocycles. The van der Waals surface area contributed by atoms with E-state index in [2.05, 4.69) is 5.32 Å². The summed E-state index contributed by atoms with van der Waals surface area (Å²) in [4.78, 5) is 13.8. The number of carbonyl (C=O) groups is 1. The van der Waals surface area contributed by atoms with Crippen molar-refractivity contribution in [1.82, 2.24) is 10.2 Å². The van der Waals surface area contributed by atoms with E-state index in [1.807, 2.05) is 0 Å². The minimum Gasteiger partial charge on any atom is -0.493 e. The van der Waals surface area contributed by atoms with E-state index in [0.717, 1.165) is 37.8 Å². The van der Waals surface area contributed by atoms with Gasteiger partial charge in [-0.3, -0.25) is 9.69 Å². The molecule has 1 aliphatic carbocycles. The molecule has 34 heavy (non-hydrogen) atoms. The van der Waals surface area contributed by atoms with Gasteiger partial charge in [-0.2, -0.15) is 13.2 Å². The van der Waals surface area contributed by atoms with Gasteiger partial charge in [0.25, 0.3) is 5.91 Å². The van der Waals surface area contributed by atoms with E-state index >= 15 is 0 Å². The predicted molar refractivity (Wildman–Crippen MR) is 115 cm³/mol. The maximum atomic E-state index is 14.5. The van der Waals surface area contributed by atoms with Crippen LogP contribution in [0.3, 0.4) is 0 Å². The van der Waals surface area contributed by atoms with Crippen LogP contribution in [0, 0.1) is 29.4 Å². The van der Waals surface area contributed by atoms with Gasteiger partial charge < -0.3 is 14.8 Å². The number of halogens is 5. The van der Waals surface area contributed by atoms with Crippen LogP contribution in [-0.4, -0.2) is 62.5 Å². The average molecular weight is 491 g/mol. The quantitative estimate of drug-likeness (QED) is 0.544. The van der Waals surface area contributed by atoms with Crippen LogP contribution in [0.25, 0.3) is 0 Å². The number of alkyl halides is 3. The standard InChI is InChI=1S/C24H31F5N2O3/c25-20-12-18(13-21(26)22(20)23(32)30-17-4-8-33-9-5-17)34-10-3-16-11-19(16)15-1-6-31(7-2-15)14-24(27,28)29/h12-13,15-17,19H,1-11,14H2,(H,30,32). The highest BCUT2D eigenvalue weighted by Crippen LogP contribution is 2.49. The van der Waals surface area contributed by atoms with Crippen molar-refractivity contribution in [2.45, 2.75) is 50.7 Å². The Morgan fingerprint density at radius 2 is 1.74 bits per heavy atom. The van der Waals surface area contributed by atoms with E-state index in [-0.39, 0.29) is 11.8 Å². The molecular formula is C24H31F5N2O3. The topological polar surface area (TPSA) is 50.8 Å². The number of likely N-dealkylation sites (tertiary alicyclic amines) is 1. The van der Waals surface area contributed by atoms with Crippen molar-refractivity contribution in [2.24, 2.45) is 17.8 Å². The highest BCUT2D eigenvalue weighted by atomic mass is 19.4. The molecule has 0 radical (unpaired) electrons. The first kappa shape index (κ1) is 25.2. The molecule has 1 N–H and O–H groups in total. The molecule has 1 saturated carbocycles. The van der Waals surface area contributed by atoms with Crippen molar-refractivity contribution < 1.29 is 36.2 Å². The normalized spacial score (nSPS) is 24.7. The third-order valence-electron chi connectivity index (χ3n) is 7.17. The summed E-state index contributed by atoms with van der Waals surface area (Å²) in [5.41, 5.74) is -0.613. The lowest BCUT2D eigenvalue weighted by Gasteiger charge is -2.32. The number of hydrogen-bond acceptors (Lipinski definition) is 4. The minimum atomic E-state index is -4.15. The van der Waals surface area contributed by atoms with E-state index in [0.29, 0.717) is 63.5 Å². The zero-order valence-corrected chi connectivity index (χ0v) is 19.0. The van der Waals surface area contributed by atoms with Crippen LogP contribution in [0.1, 0.15) is 48.9 Å². The van der Waals surface area contributed by atoms with Crippen LogP contribution in [0.2, 0.25) is 0 Å². The van der Waals surface area contributed by atoms with Crippen LogP contribution in [0.4, 0.5) is 22.0 Å². The van der Waals surface area contributed by atoms with E-state index < -0.39 is 35.8 Å². The van der Waals surface area contributed by atoms with Gasteiger partial charge in [0.2, 0.25) is 0 Å². The Labute approximate surface area is 196 Å². The number of carbonyl (C=O) groups excluding carboxylic acids is 1. The second kappa shape index (κ2) is 10.8. The predicted octanol–water partition coefficient (Wildman–Crippen LogP) is 4.55. The van der Waals surface area contributed by atoms with E-state index in [4.69, 9.17) is 9.47 Å². The van der Waals surface area contributed by atoms with Crippen LogP contribution >= 0.6 is 0 Å². The van der Waals surface area contributed by atoms with Crippen molar-refractivity contribution in [3.8, 4) is 5.75 Å². The fraction of sp³-hybridized carbons (Fsp3) is 0.708. The van der Waals surface area contributed by atoms with Crippen molar-refractivity contribution in [3.05, 3.63) is 29.3 Å². The second-order valence-corrected chi connectivity index (χ2v) is 9.65. The molecule has 5 nitrogen and oxygen atoms in total. The minimum absolute atomic E-state index is 0.0373. The summed E-state index contributed by atoms with van der Waals surface area (Å²) >= 11 is 0. The average Bonchev–Trinajstić information content (AvgIpc) is 3.53. The number of hydrogen-bond donors (Lipinski definition) is 1. The highest BCUT2D eigenvalue weighted by Gasteiger charge is 2.44. The Kier molecular flexibility index (Phi) is 7.97. The molecule has 2 heterocycles. The highest BCUT2D eigenvalue weighted by molar-refractivity contribution is 5.95. The number of nitrogens with one attached hydrogen (secondary N) is 1. The van der Waals surface area contributed by atoms with E-state index in [1.165, 1.54) is 4.90 Å². The first-order valence-corrected chi connectivity index (χ1v) is 12.0. The van der Waals surface area contributed by atoms with Crippen molar-refractivity contribution in [2.75, 3.05) is 39.5 Å². The van der Waals surface area contributed by atoms with Gasteiger partial charge in [0, 0.05) is 31.4 Å². The van der Waals surface area contributed by atoms with Crippen molar-refractivity contribution in [3.63, 3.8) is 0 Å². The summed E-state index contributed by atoms with van der Waals surface area (Å²) < 4.78 is 77.3. The van der Waals surface area contributed by atoms with Gasteiger partial charge in [-0.25, -0.2) is 8.78 Å². The molecule has 2 atom stereocenters. The number of ether oxygens (including phenoxy) is 2. The number of amides is 1. The molecule has 10 heteroatoms. The Hall–Kier alpha value is -1.94. The first-order valence-electron chi connectivity index (χ1n) is 12.0. The van der Waals surface area contributed by atoms with Crippen LogP contribution in [-0.2, 0) is 4.74 Å². The summed E-state index contributed by atoms with van der Waals surface area (Å²) in [6.45, 7) is 1.39. The fourth-order valence-electron chi connectivity index (χ4n) is 5.25. The molecule has 1 aromatic rings. The van der Waals surface area contributed by atoms with Crippen molar-refractivity contribution in [1.29, 1.82) is 0 Å². The van der Waals surface area contributed by atoms with Crippen LogP contribution in [0.5, 0.6) is 5.75 Å². The SMILES string of the molecule is O=C(NC1CCOCC1)c1c(F)cc(OCCC2CC2C2CCN(CC(F)(F)F)CC2)cc1F. The summed E-state index contributed by atoms with van der Waals surface area (Å²) in [6.07, 6.45) is 0.329. The molecule has 3 aliphatic rings. The Morgan fingerprint density at radius 1 is 1.09 bits per heavy atom.